The van der Waals surface area contributed by atoms with Crippen molar-refractivity contribution in [3.63, 3.8) is 0 Å². The van der Waals surface area contributed by atoms with Crippen LogP contribution >= 0.6 is 11.3 Å². The highest BCUT2D eigenvalue weighted by molar-refractivity contribution is 7.14. The van der Waals surface area contributed by atoms with Crippen molar-refractivity contribution in [3.8, 4) is 10.8 Å². The third kappa shape index (κ3) is 2.97. The lowest BCUT2D eigenvalue weighted by molar-refractivity contribution is 0.102. The number of carbonyl (C=O) groups excluding carboxylic acids is 1. The predicted molar refractivity (Wildman–Crippen MR) is 93.5 cm³/mol. The Morgan fingerprint density at radius 2 is 1.96 bits per heavy atom. The maximum absolute atomic E-state index is 12.6. The molecule has 0 saturated heterocycles. The van der Waals surface area contributed by atoms with Crippen molar-refractivity contribution in [1.82, 2.24) is 10.2 Å². The third-order valence-corrected chi connectivity index (χ3v) is 4.86. The number of nitrogens with one attached hydrogen (secondary N) is 1. The van der Waals surface area contributed by atoms with Gasteiger partial charge in [-0.05, 0) is 50.3 Å². The number of anilines is 1. The molecule has 0 radical (unpaired) electrons. The van der Waals surface area contributed by atoms with E-state index in [1.54, 1.807) is 0 Å². The van der Waals surface area contributed by atoms with E-state index in [2.05, 4.69) is 15.5 Å². The van der Waals surface area contributed by atoms with Crippen molar-refractivity contribution in [2.75, 3.05) is 5.32 Å². The van der Waals surface area contributed by atoms with E-state index in [-0.39, 0.29) is 5.91 Å². The van der Waals surface area contributed by atoms with Crippen LogP contribution in [-0.2, 0) is 0 Å². The van der Waals surface area contributed by atoms with E-state index in [1.807, 2.05) is 43.5 Å². The number of benzene rings is 1. The van der Waals surface area contributed by atoms with Crippen LogP contribution in [0.15, 0.2) is 34.1 Å². The Hall–Kier alpha value is -2.47. The Kier molecular flexibility index (Phi) is 3.69. The molecular formula is C18H17N3O2S. The number of nitrogens with zero attached hydrogens (tertiary/aromatic N) is 2. The lowest BCUT2D eigenvalue weighted by Crippen LogP contribution is -2.12. The van der Waals surface area contributed by atoms with E-state index in [0.29, 0.717) is 29.0 Å². The average molecular weight is 339 g/mol. The molecule has 1 saturated carbocycles. The van der Waals surface area contributed by atoms with Gasteiger partial charge in [-0.3, -0.25) is 4.79 Å². The van der Waals surface area contributed by atoms with Crippen LogP contribution in [0.5, 0.6) is 0 Å². The average Bonchev–Trinajstić information content (AvgIpc) is 3.09. The Balaban J connectivity index is 1.58. The summed E-state index contributed by atoms with van der Waals surface area (Å²) in [4.78, 5) is 13.3. The Morgan fingerprint density at radius 1 is 1.21 bits per heavy atom. The highest BCUT2D eigenvalue weighted by atomic mass is 32.1. The fraction of sp³-hybridized carbons (Fsp3) is 0.278. The SMILES string of the molecule is Cc1cc(C)cc(C(=O)Nc2ccsc2-c2nnc(C3CC3)o2)c1. The van der Waals surface area contributed by atoms with Crippen molar-refractivity contribution < 1.29 is 9.21 Å². The van der Waals surface area contributed by atoms with Crippen LogP contribution in [0.2, 0.25) is 0 Å². The molecule has 2 aromatic heterocycles. The lowest BCUT2D eigenvalue weighted by atomic mass is 10.1. The van der Waals surface area contributed by atoms with Gasteiger partial charge in [-0.25, -0.2) is 0 Å². The van der Waals surface area contributed by atoms with Gasteiger partial charge in [0, 0.05) is 11.5 Å². The second kappa shape index (κ2) is 5.87. The van der Waals surface area contributed by atoms with Gasteiger partial charge in [-0.2, -0.15) is 0 Å². The Labute approximate surface area is 143 Å². The molecule has 6 heteroatoms. The highest BCUT2D eigenvalue weighted by Crippen LogP contribution is 2.41. The zero-order valence-corrected chi connectivity index (χ0v) is 14.3. The van der Waals surface area contributed by atoms with Crippen LogP contribution in [0.3, 0.4) is 0 Å². The molecule has 2 heterocycles. The molecule has 1 aromatic carbocycles. The van der Waals surface area contributed by atoms with Crippen LogP contribution in [-0.4, -0.2) is 16.1 Å². The first-order chi connectivity index (χ1) is 11.6. The molecule has 0 atom stereocenters. The molecule has 24 heavy (non-hydrogen) atoms. The Morgan fingerprint density at radius 3 is 2.67 bits per heavy atom. The van der Waals surface area contributed by atoms with Crippen molar-refractivity contribution in [2.24, 2.45) is 0 Å². The van der Waals surface area contributed by atoms with Gasteiger partial charge in [0.25, 0.3) is 11.8 Å². The summed E-state index contributed by atoms with van der Waals surface area (Å²) in [7, 11) is 0. The first-order valence-electron chi connectivity index (χ1n) is 7.91. The smallest absolute Gasteiger partial charge is 0.259 e. The zero-order chi connectivity index (χ0) is 16.7. The minimum Gasteiger partial charge on any atom is -0.420 e. The van der Waals surface area contributed by atoms with Gasteiger partial charge < -0.3 is 9.73 Å². The lowest BCUT2D eigenvalue weighted by Gasteiger charge is -2.07. The normalized spacial score (nSPS) is 13.9. The van der Waals surface area contributed by atoms with Gasteiger partial charge >= 0.3 is 0 Å². The zero-order valence-electron chi connectivity index (χ0n) is 13.5. The van der Waals surface area contributed by atoms with Crippen LogP contribution < -0.4 is 5.32 Å². The molecule has 0 bridgehead atoms. The van der Waals surface area contributed by atoms with Gasteiger partial charge in [-0.1, -0.05) is 17.2 Å². The maximum Gasteiger partial charge on any atom is 0.259 e. The molecule has 0 spiro atoms. The summed E-state index contributed by atoms with van der Waals surface area (Å²) in [6.45, 7) is 3.97. The molecule has 1 fully saturated rings. The number of carbonyl (C=O) groups is 1. The highest BCUT2D eigenvalue weighted by Gasteiger charge is 2.30. The van der Waals surface area contributed by atoms with E-state index in [4.69, 9.17) is 4.42 Å². The van der Waals surface area contributed by atoms with Gasteiger partial charge in [0.05, 0.1) is 5.69 Å². The molecule has 122 valence electrons. The third-order valence-electron chi connectivity index (χ3n) is 3.96. The second-order valence-electron chi connectivity index (χ2n) is 6.21. The fourth-order valence-electron chi connectivity index (χ4n) is 2.70. The van der Waals surface area contributed by atoms with Crippen LogP contribution in [0.1, 0.15) is 46.1 Å². The van der Waals surface area contributed by atoms with Crippen molar-refractivity contribution in [1.29, 1.82) is 0 Å². The van der Waals surface area contributed by atoms with Crippen LogP contribution in [0.4, 0.5) is 5.69 Å². The Bertz CT molecular complexity index is 888. The van der Waals surface area contributed by atoms with Crippen LogP contribution in [0.25, 0.3) is 10.8 Å². The number of aromatic nitrogens is 2. The molecule has 1 amide bonds. The standard InChI is InChI=1S/C18H17N3O2S/c1-10-7-11(2)9-13(8-10)16(22)19-14-5-6-24-15(14)18-21-20-17(23-18)12-3-4-12/h5-9,12H,3-4H2,1-2H3,(H,19,22). The predicted octanol–water partition coefficient (Wildman–Crippen LogP) is 4.54. The summed E-state index contributed by atoms with van der Waals surface area (Å²) in [5.74, 6) is 1.45. The summed E-state index contributed by atoms with van der Waals surface area (Å²) in [6, 6.07) is 7.67. The number of aryl methyl sites for hydroxylation is 2. The fourth-order valence-corrected chi connectivity index (χ4v) is 3.46. The number of thiophene rings is 1. The first kappa shape index (κ1) is 15.1. The van der Waals surface area contributed by atoms with Crippen molar-refractivity contribution in [2.45, 2.75) is 32.6 Å². The summed E-state index contributed by atoms with van der Waals surface area (Å²) >= 11 is 1.48. The minimum absolute atomic E-state index is 0.136. The molecule has 1 N–H and O–H groups in total. The summed E-state index contributed by atoms with van der Waals surface area (Å²) < 4.78 is 5.76. The van der Waals surface area contributed by atoms with E-state index < -0.39 is 0 Å². The van der Waals surface area contributed by atoms with Gasteiger partial charge in [-0.15, -0.1) is 21.5 Å². The second-order valence-corrected chi connectivity index (χ2v) is 7.13. The molecule has 5 nitrogen and oxygen atoms in total. The van der Waals surface area contributed by atoms with Crippen molar-refractivity contribution >= 4 is 22.9 Å². The van der Waals surface area contributed by atoms with E-state index >= 15 is 0 Å². The molecule has 4 rings (SSSR count). The van der Waals surface area contributed by atoms with Crippen LogP contribution in [0, 0.1) is 13.8 Å². The summed E-state index contributed by atoms with van der Waals surface area (Å²) in [6.07, 6.45) is 2.23. The van der Waals surface area contributed by atoms with Gasteiger partial charge in [0.15, 0.2) is 0 Å². The first-order valence-corrected chi connectivity index (χ1v) is 8.79. The summed E-state index contributed by atoms with van der Waals surface area (Å²) in [5.41, 5.74) is 3.48. The topological polar surface area (TPSA) is 68.0 Å². The van der Waals surface area contributed by atoms with Gasteiger partial charge in [0.1, 0.15) is 4.88 Å². The van der Waals surface area contributed by atoms with Crippen molar-refractivity contribution in [3.05, 3.63) is 52.2 Å². The van der Waals surface area contributed by atoms with E-state index in [9.17, 15) is 4.79 Å². The quantitative estimate of drug-likeness (QED) is 0.757. The molecule has 1 aliphatic rings. The largest absolute Gasteiger partial charge is 0.420 e. The van der Waals surface area contributed by atoms with E-state index in [1.165, 1.54) is 11.3 Å². The number of hydrogen-bond donors (Lipinski definition) is 1. The number of rotatable bonds is 4. The minimum atomic E-state index is -0.136. The number of amides is 1. The van der Waals surface area contributed by atoms with Gasteiger partial charge in [0.2, 0.25) is 5.89 Å². The number of hydrogen-bond acceptors (Lipinski definition) is 5. The molecule has 1 aliphatic carbocycles. The van der Waals surface area contributed by atoms with E-state index in [0.717, 1.165) is 28.8 Å². The molecular weight excluding hydrogens is 322 g/mol. The monoisotopic (exact) mass is 339 g/mol. The molecule has 0 unspecified atom stereocenters. The molecule has 0 aliphatic heterocycles. The maximum atomic E-state index is 12.6. The molecule has 3 aromatic rings. The summed E-state index contributed by atoms with van der Waals surface area (Å²) in [5, 5.41) is 13.1.